The zero-order valence-electron chi connectivity index (χ0n) is 9.01. The summed E-state index contributed by atoms with van der Waals surface area (Å²) in [4.78, 5) is 11.0. The Bertz CT molecular complexity index is 393. The molecule has 0 fully saturated rings. The highest BCUT2D eigenvalue weighted by Crippen LogP contribution is 2.19. The Morgan fingerprint density at radius 1 is 1.69 bits per heavy atom. The van der Waals surface area contributed by atoms with Crippen LogP contribution in [-0.4, -0.2) is 44.4 Å². The quantitative estimate of drug-likeness (QED) is 0.797. The maximum Gasteiger partial charge on any atom is 0.374 e. The lowest BCUT2D eigenvalue weighted by atomic mass is 10.3. The number of nitrogens with one attached hydrogen (secondary N) is 1. The van der Waals surface area contributed by atoms with Crippen molar-refractivity contribution in [1.82, 2.24) is 20.1 Å². The Balaban J connectivity index is 2.35. The molecular weight excluding hydrogens is 228 g/mol. The highest BCUT2D eigenvalue weighted by Gasteiger charge is 2.25. The maximum atomic E-state index is 11.0. The van der Waals surface area contributed by atoms with Gasteiger partial charge in [-0.15, -0.1) is 10.2 Å². The molecule has 16 heavy (non-hydrogen) atoms. The SMILES string of the molecule is CSCC1NCCCn2c(C(=O)O)nnc21. The number of aromatic carboxylic acids is 1. The van der Waals surface area contributed by atoms with Crippen LogP contribution in [0.5, 0.6) is 0 Å². The zero-order valence-corrected chi connectivity index (χ0v) is 9.83. The van der Waals surface area contributed by atoms with E-state index in [4.69, 9.17) is 5.11 Å². The van der Waals surface area contributed by atoms with Gasteiger partial charge < -0.3 is 15.0 Å². The second kappa shape index (κ2) is 4.84. The van der Waals surface area contributed by atoms with Crippen LogP contribution in [0, 0.1) is 0 Å². The van der Waals surface area contributed by atoms with E-state index in [9.17, 15) is 4.79 Å². The van der Waals surface area contributed by atoms with Gasteiger partial charge in [0, 0.05) is 12.3 Å². The van der Waals surface area contributed by atoms with Crippen LogP contribution in [0.3, 0.4) is 0 Å². The van der Waals surface area contributed by atoms with Crippen molar-refractivity contribution in [2.45, 2.75) is 19.0 Å². The number of fused-ring (bicyclic) bond motifs is 1. The molecule has 6 nitrogen and oxygen atoms in total. The van der Waals surface area contributed by atoms with Crippen LogP contribution < -0.4 is 5.32 Å². The molecule has 0 saturated heterocycles. The fourth-order valence-electron chi connectivity index (χ4n) is 1.86. The molecule has 1 aliphatic heterocycles. The minimum absolute atomic E-state index is 0.0461. The van der Waals surface area contributed by atoms with Crippen LogP contribution in [0.4, 0.5) is 0 Å². The Kier molecular flexibility index (Phi) is 3.45. The molecule has 0 radical (unpaired) electrons. The number of hydrogen-bond donors (Lipinski definition) is 2. The molecule has 1 aliphatic rings. The molecule has 0 saturated carbocycles. The van der Waals surface area contributed by atoms with Crippen molar-refractivity contribution >= 4 is 17.7 Å². The fraction of sp³-hybridized carbons (Fsp3) is 0.667. The van der Waals surface area contributed by atoms with Gasteiger partial charge in [-0.25, -0.2) is 4.79 Å². The maximum absolute atomic E-state index is 11.0. The van der Waals surface area contributed by atoms with E-state index in [0.29, 0.717) is 6.54 Å². The second-order valence-electron chi connectivity index (χ2n) is 3.65. The first kappa shape index (κ1) is 11.4. The topological polar surface area (TPSA) is 80.0 Å². The van der Waals surface area contributed by atoms with Crippen molar-refractivity contribution < 1.29 is 9.90 Å². The largest absolute Gasteiger partial charge is 0.475 e. The van der Waals surface area contributed by atoms with E-state index in [1.165, 1.54) is 0 Å². The number of nitrogens with zero attached hydrogens (tertiary/aromatic N) is 3. The highest BCUT2D eigenvalue weighted by molar-refractivity contribution is 7.98. The minimum Gasteiger partial charge on any atom is -0.475 e. The summed E-state index contributed by atoms with van der Waals surface area (Å²) < 4.78 is 1.71. The fourth-order valence-corrected chi connectivity index (χ4v) is 2.46. The van der Waals surface area contributed by atoms with Gasteiger partial charge in [-0.2, -0.15) is 11.8 Å². The van der Waals surface area contributed by atoms with E-state index in [-0.39, 0.29) is 11.9 Å². The van der Waals surface area contributed by atoms with Crippen molar-refractivity contribution in [2.75, 3.05) is 18.6 Å². The zero-order chi connectivity index (χ0) is 11.5. The van der Waals surface area contributed by atoms with Crippen molar-refractivity contribution in [3.8, 4) is 0 Å². The molecule has 0 amide bonds. The third kappa shape index (κ3) is 2.05. The molecule has 1 aromatic heterocycles. The summed E-state index contributed by atoms with van der Waals surface area (Å²) in [5, 5.41) is 20.1. The molecule has 0 aromatic carbocycles. The first-order valence-electron chi connectivity index (χ1n) is 5.12. The number of carboxylic acid groups (broad SMARTS) is 1. The predicted octanol–water partition coefficient (Wildman–Crippen LogP) is 0.374. The van der Waals surface area contributed by atoms with Crippen LogP contribution in [0.15, 0.2) is 0 Å². The van der Waals surface area contributed by atoms with Crippen LogP contribution in [0.1, 0.15) is 28.9 Å². The lowest BCUT2D eigenvalue weighted by molar-refractivity contribution is 0.0677. The number of rotatable bonds is 3. The Morgan fingerprint density at radius 2 is 2.50 bits per heavy atom. The molecule has 88 valence electrons. The monoisotopic (exact) mass is 242 g/mol. The highest BCUT2D eigenvalue weighted by atomic mass is 32.2. The molecule has 1 atom stereocenters. The lowest BCUT2D eigenvalue weighted by Gasteiger charge is -2.13. The normalized spacial score (nSPS) is 20.2. The van der Waals surface area contributed by atoms with Crippen LogP contribution >= 0.6 is 11.8 Å². The summed E-state index contributed by atoms with van der Waals surface area (Å²) in [5.74, 6) is 0.648. The molecule has 2 rings (SSSR count). The van der Waals surface area contributed by atoms with Gasteiger partial charge in [0.25, 0.3) is 0 Å². The van der Waals surface area contributed by atoms with Crippen molar-refractivity contribution in [1.29, 1.82) is 0 Å². The van der Waals surface area contributed by atoms with Crippen LogP contribution in [-0.2, 0) is 6.54 Å². The van der Waals surface area contributed by atoms with Gasteiger partial charge in [0.05, 0.1) is 6.04 Å². The lowest BCUT2D eigenvalue weighted by Crippen LogP contribution is -2.24. The van der Waals surface area contributed by atoms with Crippen molar-refractivity contribution in [2.24, 2.45) is 0 Å². The first-order chi connectivity index (χ1) is 7.74. The number of hydrogen-bond acceptors (Lipinski definition) is 5. The number of aromatic nitrogens is 3. The van der Waals surface area contributed by atoms with Crippen molar-refractivity contribution in [3.05, 3.63) is 11.6 Å². The molecule has 0 bridgehead atoms. The van der Waals surface area contributed by atoms with E-state index >= 15 is 0 Å². The molecule has 0 aliphatic carbocycles. The average Bonchev–Trinajstić information content (AvgIpc) is 2.58. The molecular formula is C9H14N4O2S. The summed E-state index contributed by atoms with van der Waals surface area (Å²) in [7, 11) is 0. The average molecular weight is 242 g/mol. The van der Waals surface area contributed by atoms with Gasteiger partial charge in [0.1, 0.15) is 0 Å². The standard InChI is InChI=1S/C9H14N4O2S/c1-16-5-6-7-11-12-8(9(14)15)13(7)4-2-3-10-6/h6,10H,2-5H2,1H3,(H,14,15). The van der Waals surface area contributed by atoms with E-state index in [0.717, 1.165) is 24.5 Å². The Morgan fingerprint density at radius 3 is 3.19 bits per heavy atom. The molecule has 7 heteroatoms. The minimum atomic E-state index is -1.01. The van der Waals surface area contributed by atoms with Gasteiger partial charge in [-0.1, -0.05) is 0 Å². The van der Waals surface area contributed by atoms with Gasteiger partial charge in [-0.05, 0) is 19.2 Å². The van der Waals surface area contributed by atoms with Crippen molar-refractivity contribution in [3.63, 3.8) is 0 Å². The second-order valence-corrected chi connectivity index (χ2v) is 4.56. The van der Waals surface area contributed by atoms with E-state index < -0.39 is 5.97 Å². The van der Waals surface area contributed by atoms with Gasteiger partial charge >= 0.3 is 5.97 Å². The third-order valence-corrected chi connectivity index (χ3v) is 3.23. The molecule has 0 spiro atoms. The van der Waals surface area contributed by atoms with Crippen LogP contribution in [0.2, 0.25) is 0 Å². The van der Waals surface area contributed by atoms with Crippen LogP contribution in [0.25, 0.3) is 0 Å². The first-order valence-corrected chi connectivity index (χ1v) is 6.52. The smallest absolute Gasteiger partial charge is 0.374 e. The summed E-state index contributed by atoms with van der Waals surface area (Å²) in [6.45, 7) is 1.55. The molecule has 1 aromatic rings. The number of carbonyl (C=O) groups is 1. The Hall–Kier alpha value is -1.08. The number of thioether (sulfide) groups is 1. The summed E-state index contributed by atoms with van der Waals surface area (Å²) in [6.07, 6.45) is 2.92. The number of carboxylic acids is 1. The summed E-state index contributed by atoms with van der Waals surface area (Å²) in [5.41, 5.74) is 0. The summed E-state index contributed by atoms with van der Waals surface area (Å²) in [6, 6.07) is 0.0955. The van der Waals surface area contributed by atoms with E-state index in [1.807, 2.05) is 6.26 Å². The van der Waals surface area contributed by atoms with Gasteiger partial charge in [-0.3, -0.25) is 0 Å². The third-order valence-electron chi connectivity index (χ3n) is 2.56. The predicted molar refractivity (Wildman–Crippen MR) is 60.7 cm³/mol. The van der Waals surface area contributed by atoms with E-state index in [2.05, 4.69) is 15.5 Å². The van der Waals surface area contributed by atoms with Gasteiger partial charge in [0.15, 0.2) is 5.82 Å². The molecule has 2 heterocycles. The summed E-state index contributed by atoms with van der Waals surface area (Å²) >= 11 is 1.71. The molecule has 2 N–H and O–H groups in total. The molecule has 1 unspecified atom stereocenters. The van der Waals surface area contributed by atoms with E-state index in [1.54, 1.807) is 16.3 Å². The Labute approximate surface area is 97.4 Å². The van der Waals surface area contributed by atoms with Gasteiger partial charge in [0.2, 0.25) is 5.82 Å².